The molecule has 8 heavy (non-hydrogen) atoms. The van der Waals surface area contributed by atoms with E-state index in [-0.39, 0.29) is 36.5 Å². The van der Waals surface area contributed by atoms with E-state index in [9.17, 15) is 8.42 Å². The van der Waals surface area contributed by atoms with Gasteiger partial charge in [-0.15, -0.1) is 0 Å². The van der Waals surface area contributed by atoms with Crippen molar-refractivity contribution < 1.29 is 53.7 Å². The third kappa shape index (κ3) is 15.7. The first-order valence-corrected chi connectivity index (χ1v) is 2.46. The molecule has 0 aliphatic rings. The van der Waals surface area contributed by atoms with Gasteiger partial charge in [0, 0.05) is 36.5 Å². The molecule has 1 N–H and O–H groups in total. The maximum atomic E-state index is 9.33. The van der Waals surface area contributed by atoms with Gasteiger partial charge in [-0.25, -0.2) is 0 Å². The van der Waals surface area contributed by atoms with Crippen molar-refractivity contribution in [2.75, 3.05) is 7.11 Å². The van der Waals surface area contributed by atoms with Gasteiger partial charge in [-0.3, -0.25) is 8.74 Å². The molecule has 0 aromatic heterocycles. The van der Waals surface area contributed by atoms with Crippen LogP contribution < -0.4 is 0 Å². The van der Waals surface area contributed by atoms with Gasteiger partial charge in [0.2, 0.25) is 0 Å². The summed E-state index contributed by atoms with van der Waals surface area (Å²) in [5.74, 6) is 0. The minimum atomic E-state index is -4.16. The largest absolute Gasteiger partial charge is 0.397 e. The summed E-state index contributed by atoms with van der Waals surface area (Å²) in [5.41, 5.74) is 0. The molecule has 0 aromatic rings. The second-order valence-electron chi connectivity index (χ2n) is 0.594. The van der Waals surface area contributed by atoms with Crippen molar-refractivity contribution in [1.82, 2.24) is 0 Å². The minimum absolute atomic E-state index is 0. The fourth-order valence-corrected chi connectivity index (χ4v) is 0. The van der Waals surface area contributed by atoms with Gasteiger partial charge in [-0.1, -0.05) is 0 Å². The Morgan fingerprint density at radius 1 is 1.50 bits per heavy atom. The van der Waals surface area contributed by atoms with Crippen LogP contribution in [0.3, 0.4) is 0 Å². The van der Waals surface area contributed by atoms with Crippen molar-refractivity contribution in [3.05, 3.63) is 0 Å². The first-order chi connectivity index (χ1) is 2.56. The quantitative estimate of drug-likeness (QED) is 0.486. The molecule has 0 aliphatic carbocycles. The zero-order valence-corrected chi connectivity index (χ0v) is 9.13. The van der Waals surface area contributed by atoms with E-state index in [4.69, 9.17) is 4.55 Å². The van der Waals surface area contributed by atoms with E-state index in [2.05, 4.69) is 4.18 Å². The Bertz CT molecular complexity index is 118. The first kappa shape index (κ1) is 16.0. The molecule has 0 fully saturated rings. The van der Waals surface area contributed by atoms with Gasteiger partial charge in [0.25, 0.3) is 0 Å². The summed E-state index contributed by atoms with van der Waals surface area (Å²) in [7, 11) is -3.29. The van der Waals surface area contributed by atoms with Crippen LogP contribution in [0, 0.1) is 0 Å². The van der Waals surface area contributed by atoms with E-state index < -0.39 is 10.4 Å². The average molecular weight is 232 g/mol. The summed E-state index contributed by atoms with van der Waals surface area (Å²) in [6.07, 6.45) is 0. The van der Waals surface area contributed by atoms with Gasteiger partial charge < -0.3 is 0 Å². The maximum Gasteiger partial charge on any atom is 0.397 e. The second-order valence-corrected chi connectivity index (χ2v) is 1.78. The number of rotatable bonds is 1. The van der Waals surface area contributed by atoms with Gasteiger partial charge in [0.05, 0.1) is 7.11 Å². The Morgan fingerprint density at radius 3 is 1.62 bits per heavy atom. The molecule has 7 heteroatoms. The monoisotopic (exact) mass is 231 g/mol. The standard InChI is InChI=1S/CH4O4S.Mn.Zn/c1-5-6(2,3)4;;/h1H3,(H,2,3,4);;. The van der Waals surface area contributed by atoms with Crippen molar-refractivity contribution in [2.24, 2.45) is 0 Å². The third-order valence-corrected chi connectivity index (χ3v) is 0.632. The number of hydrogen-bond donors (Lipinski definition) is 1. The molecule has 0 aromatic carbocycles. The third-order valence-electron chi connectivity index (χ3n) is 0.211. The van der Waals surface area contributed by atoms with Crippen LogP contribution in [0.15, 0.2) is 0 Å². The Labute approximate surface area is 71.2 Å². The van der Waals surface area contributed by atoms with Crippen LogP contribution in [0.5, 0.6) is 0 Å². The summed E-state index contributed by atoms with van der Waals surface area (Å²) in [6.45, 7) is 0. The van der Waals surface area contributed by atoms with E-state index >= 15 is 0 Å². The van der Waals surface area contributed by atoms with Gasteiger partial charge in [-0.05, 0) is 0 Å². The summed E-state index contributed by atoms with van der Waals surface area (Å²) in [5, 5.41) is 0. The Balaban J connectivity index is -0.000000125. The molecule has 4 nitrogen and oxygen atoms in total. The van der Waals surface area contributed by atoms with Crippen LogP contribution in [0.4, 0.5) is 0 Å². The van der Waals surface area contributed by atoms with E-state index in [0.29, 0.717) is 0 Å². The molecular weight excluding hydrogens is 228 g/mol. The molecule has 0 rings (SSSR count). The molecule has 0 heterocycles. The van der Waals surface area contributed by atoms with E-state index in [1.165, 1.54) is 0 Å². The molecule has 0 bridgehead atoms. The summed E-state index contributed by atoms with van der Waals surface area (Å²) in [6, 6.07) is 0. The van der Waals surface area contributed by atoms with Crippen molar-refractivity contribution in [3.63, 3.8) is 0 Å². The average Bonchev–Trinajstić information content (AvgIpc) is 1.35. The molecule has 0 aliphatic heterocycles. The van der Waals surface area contributed by atoms with Crippen molar-refractivity contribution in [1.29, 1.82) is 0 Å². The molecule has 0 amide bonds. The predicted molar refractivity (Wildman–Crippen MR) is 18.6 cm³/mol. The Hall–Kier alpha value is 1.01. The fourth-order valence-electron chi connectivity index (χ4n) is 0. The zero-order valence-electron chi connectivity index (χ0n) is 4.17. The Morgan fingerprint density at radius 2 is 1.62 bits per heavy atom. The van der Waals surface area contributed by atoms with Gasteiger partial charge >= 0.3 is 10.4 Å². The SMILES string of the molecule is COS(=O)(=O)O.[Mn].[Zn]. The van der Waals surface area contributed by atoms with Crippen LogP contribution >= 0.6 is 0 Å². The zero-order chi connectivity index (χ0) is 5.21. The predicted octanol–water partition coefficient (Wildman–Crippen LogP) is -0.569. The molecule has 0 spiro atoms. The molecule has 0 saturated heterocycles. The van der Waals surface area contributed by atoms with Gasteiger partial charge in [0.15, 0.2) is 0 Å². The Kier molecular flexibility index (Phi) is 12.3. The van der Waals surface area contributed by atoms with E-state index in [1.807, 2.05) is 0 Å². The van der Waals surface area contributed by atoms with Crippen LogP contribution in [0.2, 0.25) is 0 Å². The smallest absolute Gasteiger partial charge is 0.264 e. The van der Waals surface area contributed by atoms with Gasteiger partial charge in [0.1, 0.15) is 0 Å². The number of hydrogen-bond acceptors (Lipinski definition) is 3. The molecule has 1 radical (unpaired) electrons. The van der Waals surface area contributed by atoms with Crippen molar-refractivity contribution >= 4 is 10.4 Å². The molecule has 0 atom stereocenters. The van der Waals surface area contributed by atoms with Crippen molar-refractivity contribution in [3.8, 4) is 0 Å². The van der Waals surface area contributed by atoms with Crippen LogP contribution in [0.25, 0.3) is 0 Å². The topological polar surface area (TPSA) is 63.6 Å². The molecule has 0 unspecified atom stereocenters. The van der Waals surface area contributed by atoms with Crippen LogP contribution in [0.1, 0.15) is 0 Å². The van der Waals surface area contributed by atoms with Crippen LogP contribution in [-0.2, 0) is 51.1 Å². The molecule has 0 saturated carbocycles. The maximum absolute atomic E-state index is 9.33. The first-order valence-electron chi connectivity index (χ1n) is 1.09. The normalized spacial score (nSPS) is 8.75. The molecule has 47 valence electrons. The fraction of sp³-hybridized carbons (Fsp3) is 1.00. The van der Waals surface area contributed by atoms with Crippen LogP contribution in [-0.4, -0.2) is 20.1 Å². The van der Waals surface area contributed by atoms with Gasteiger partial charge in [-0.2, -0.15) is 8.42 Å². The summed E-state index contributed by atoms with van der Waals surface area (Å²) < 4.78 is 29.7. The minimum Gasteiger partial charge on any atom is -0.264 e. The van der Waals surface area contributed by atoms with Crippen molar-refractivity contribution in [2.45, 2.75) is 0 Å². The summed E-state index contributed by atoms with van der Waals surface area (Å²) in [4.78, 5) is 0. The second kappa shape index (κ2) is 6.14. The van der Waals surface area contributed by atoms with E-state index in [0.717, 1.165) is 7.11 Å². The van der Waals surface area contributed by atoms with E-state index in [1.54, 1.807) is 0 Å². The summed E-state index contributed by atoms with van der Waals surface area (Å²) >= 11 is 0. The molecular formula is CH4MnO4SZn.